The van der Waals surface area contributed by atoms with Gasteiger partial charge in [-0.25, -0.2) is 8.78 Å². The minimum atomic E-state index is -0.640. The molecule has 0 spiro atoms. The van der Waals surface area contributed by atoms with E-state index >= 15 is 0 Å². The van der Waals surface area contributed by atoms with Crippen LogP contribution in [0.15, 0.2) is 54.0 Å². The van der Waals surface area contributed by atoms with E-state index in [2.05, 4.69) is 0 Å². The summed E-state index contributed by atoms with van der Waals surface area (Å²) in [6.07, 6.45) is 1.91. The summed E-state index contributed by atoms with van der Waals surface area (Å²) < 4.78 is 29.7. The molecule has 1 atom stereocenters. The van der Waals surface area contributed by atoms with Crippen molar-refractivity contribution < 1.29 is 13.6 Å². The predicted molar refractivity (Wildman–Crippen MR) is 88.0 cm³/mol. The van der Waals surface area contributed by atoms with Gasteiger partial charge >= 0.3 is 0 Å². The third kappa shape index (κ3) is 2.43. The highest BCUT2D eigenvalue weighted by molar-refractivity contribution is 7.12. The maximum atomic E-state index is 14.4. The molecule has 122 valence electrons. The second-order valence-electron chi connectivity index (χ2n) is 5.67. The molecule has 1 unspecified atom stereocenters. The maximum Gasteiger partial charge on any atom is 0.264 e. The first-order valence-corrected chi connectivity index (χ1v) is 8.47. The van der Waals surface area contributed by atoms with Crippen LogP contribution in [0.1, 0.15) is 27.0 Å². The van der Waals surface area contributed by atoms with E-state index in [1.54, 1.807) is 11.0 Å². The van der Waals surface area contributed by atoms with Gasteiger partial charge in [0, 0.05) is 36.6 Å². The normalized spacial score (nSPS) is 16.9. The average molecular weight is 344 g/mol. The van der Waals surface area contributed by atoms with E-state index in [1.165, 1.54) is 23.5 Å². The number of amides is 1. The summed E-state index contributed by atoms with van der Waals surface area (Å²) in [6.45, 7) is 1.12. The number of hydrogen-bond donors (Lipinski definition) is 0. The fourth-order valence-electron chi connectivity index (χ4n) is 3.19. The van der Waals surface area contributed by atoms with Crippen molar-refractivity contribution in [2.24, 2.45) is 0 Å². The van der Waals surface area contributed by atoms with E-state index in [0.29, 0.717) is 23.5 Å². The molecular formula is C18H14F2N2OS. The quantitative estimate of drug-likeness (QED) is 0.688. The smallest absolute Gasteiger partial charge is 0.264 e. The molecule has 0 saturated carbocycles. The SMILES string of the molecule is O=C(c1cccs1)N1CCn2cccc2C1c1ccc(F)cc1F. The Hall–Kier alpha value is -2.47. The number of benzene rings is 1. The highest BCUT2D eigenvalue weighted by atomic mass is 32.1. The number of carbonyl (C=O) groups is 1. The van der Waals surface area contributed by atoms with Gasteiger partial charge in [-0.1, -0.05) is 12.1 Å². The Morgan fingerprint density at radius 3 is 2.75 bits per heavy atom. The van der Waals surface area contributed by atoms with Gasteiger partial charge in [0.05, 0.1) is 4.88 Å². The van der Waals surface area contributed by atoms with E-state index in [0.717, 1.165) is 11.8 Å². The Kier molecular flexibility index (Phi) is 3.69. The van der Waals surface area contributed by atoms with Crippen molar-refractivity contribution in [3.05, 3.63) is 81.8 Å². The van der Waals surface area contributed by atoms with Gasteiger partial charge in [-0.3, -0.25) is 4.79 Å². The summed E-state index contributed by atoms with van der Waals surface area (Å²) in [5, 5.41) is 1.84. The van der Waals surface area contributed by atoms with Gasteiger partial charge in [-0.15, -0.1) is 11.3 Å². The lowest BCUT2D eigenvalue weighted by Crippen LogP contribution is -2.42. The molecule has 24 heavy (non-hydrogen) atoms. The Balaban J connectivity index is 1.83. The van der Waals surface area contributed by atoms with Gasteiger partial charge in [-0.05, 0) is 29.6 Å². The summed E-state index contributed by atoms with van der Waals surface area (Å²) in [6, 6.07) is 10.3. The fourth-order valence-corrected chi connectivity index (χ4v) is 3.87. The number of nitrogens with zero attached hydrogens (tertiary/aromatic N) is 2. The first-order chi connectivity index (χ1) is 11.6. The molecule has 0 radical (unpaired) electrons. The summed E-state index contributed by atoms with van der Waals surface area (Å²) in [5.41, 5.74) is 1.14. The van der Waals surface area contributed by atoms with Crippen LogP contribution in [0, 0.1) is 11.6 Å². The first kappa shape index (κ1) is 15.1. The third-order valence-corrected chi connectivity index (χ3v) is 5.15. The summed E-state index contributed by atoms with van der Waals surface area (Å²) in [5.74, 6) is -1.40. The Morgan fingerprint density at radius 1 is 1.12 bits per heavy atom. The van der Waals surface area contributed by atoms with Crippen LogP contribution in [0.5, 0.6) is 0 Å². The molecule has 0 bridgehead atoms. The number of aromatic nitrogens is 1. The van der Waals surface area contributed by atoms with E-state index in [1.807, 2.05) is 34.3 Å². The zero-order valence-electron chi connectivity index (χ0n) is 12.7. The van der Waals surface area contributed by atoms with Crippen molar-refractivity contribution in [2.75, 3.05) is 6.54 Å². The molecular weight excluding hydrogens is 330 g/mol. The minimum absolute atomic E-state index is 0.133. The lowest BCUT2D eigenvalue weighted by Gasteiger charge is -2.37. The summed E-state index contributed by atoms with van der Waals surface area (Å²) in [7, 11) is 0. The topological polar surface area (TPSA) is 25.2 Å². The second-order valence-corrected chi connectivity index (χ2v) is 6.62. The molecule has 2 aromatic heterocycles. The molecule has 0 saturated heterocycles. The van der Waals surface area contributed by atoms with Crippen LogP contribution < -0.4 is 0 Å². The molecule has 0 aliphatic carbocycles. The standard InChI is InChI=1S/C18H14F2N2OS/c19-12-5-6-13(14(20)11-12)17-15-3-1-7-21(15)8-9-22(17)18(23)16-4-2-10-24-16/h1-7,10-11,17H,8-9H2. The predicted octanol–water partition coefficient (Wildman–Crippen LogP) is 4.07. The van der Waals surface area contributed by atoms with Crippen LogP contribution in [-0.4, -0.2) is 21.9 Å². The average Bonchev–Trinajstić information content (AvgIpc) is 3.25. The minimum Gasteiger partial charge on any atom is -0.348 e. The van der Waals surface area contributed by atoms with E-state index < -0.39 is 17.7 Å². The second kappa shape index (κ2) is 5.87. The van der Waals surface area contributed by atoms with Crippen LogP contribution in [0.2, 0.25) is 0 Å². The number of thiophene rings is 1. The molecule has 3 heterocycles. The number of rotatable bonds is 2. The maximum absolute atomic E-state index is 14.4. The highest BCUT2D eigenvalue weighted by Gasteiger charge is 2.34. The van der Waals surface area contributed by atoms with Gasteiger partial charge in [0.2, 0.25) is 0 Å². The number of carbonyl (C=O) groups excluding carboxylic acids is 1. The zero-order chi connectivity index (χ0) is 16.7. The molecule has 1 aliphatic rings. The van der Waals surface area contributed by atoms with E-state index in [9.17, 15) is 13.6 Å². The monoisotopic (exact) mass is 344 g/mol. The molecule has 6 heteroatoms. The lowest BCUT2D eigenvalue weighted by atomic mass is 9.99. The summed E-state index contributed by atoms with van der Waals surface area (Å²) in [4.78, 5) is 15.2. The van der Waals surface area contributed by atoms with Crippen molar-refractivity contribution in [2.45, 2.75) is 12.6 Å². The van der Waals surface area contributed by atoms with Crippen LogP contribution in [0.4, 0.5) is 8.78 Å². The zero-order valence-corrected chi connectivity index (χ0v) is 13.5. The van der Waals surface area contributed by atoms with Crippen molar-refractivity contribution in [3.63, 3.8) is 0 Å². The molecule has 1 aromatic carbocycles. The number of halogens is 2. The lowest BCUT2D eigenvalue weighted by molar-refractivity contribution is 0.0666. The van der Waals surface area contributed by atoms with Gasteiger partial charge < -0.3 is 9.47 Å². The van der Waals surface area contributed by atoms with Gasteiger partial charge in [0.25, 0.3) is 5.91 Å². The van der Waals surface area contributed by atoms with Crippen LogP contribution in [-0.2, 0) is 6.54 Å². The van der Waals surface area contributed by atoms with E-state index in [4.69, 9.17) is 0 Å². The van der Waals surface area contributed by atoms with Crippen LogP contribution in [0.3, 0.4) is 0 Å². The van der Waals surface area contributed by atoms with Crippen molar-refractivity contribution in [1.82, 2.24) is 9.47 Å². The Bertz CT molecular complexity index is 888. The highest BCUT2D eigenvalue weighted by Crippen LogP contribution is 2.35. The third-order valence-electron chi connectivity index (χ3n) is 4.29. The molecule has 1 aliphatic heterocycles. The van der Waals surface area contributed by atoms with Crippen LogP contribution in [0.25, 0.3) is 0 Å². The van der Waals surface area contributed by atoms with E-state index in [-0.39, 0.29) is 5.91 Å². The van der Waals surface area contributed by atoms with Gasteiger partial charge in [0.1, 0.15) is 17.7 Å². The Labute approximate surface area is 141 Å². The summed E-state index contributed by atoms with van der Waals surface area (Å²) >= 11 is 1.36. The molecule has 3 nitrogen and oxygen atoms in total. The number of fused-ring (bicyclic) bond motifs is 1. The molecule has 0 fully saturated rings. The largest absolute Gasteiger partial charge is 0.348 e. The molecule has 4 rings (SSSR count). The van der Waals surface area contributed by atoms with Crippen molar-refractivity contribution in [1.29, 1.82) is 0 Å². The van der Waals surface area contributed by atoms with Crippen LogP contribution >= 0.6 is 11.3 Å². The van der Waals surface area contributed by atoms with Gasteiger partial charge in [0.15, 0.2) is 0 Å². The van der Waals surface area contributed by atoms with Gasteiger partial charge in [-0.2, -0.15) is 0 Å². The number of hydrogen-bond acceptors (Lipinski definition) is 2. The fraction of sp³-hybridized carbons (Fsp3) is 0.167. The molecule has 1 amide bonds. The van der Waals surface area contributed by atoms with Crippen molar-refractivity contribution >= 4 is 17.2 Å². The molecule has 0 N–H and O–H groups in total. The molecule has 3 aromatic rings. The first-order valence-electron chi connectivity index (χ1n) is 7.59. The van der Waals surface area contributed by atoms with Crippen molar-refractivity contribution in [3.8, 4) is 0 Å². The Morgan fingerprint density at radius 2 is 2.00 bits per heavy atom.